The van der Waals surface area contributed by atoms with Gasteiger partial charge in [0, 0.05) is 5.56 Å². The summed E-state index contributed by atoms with van der Waals surface area (Å²) in [5.74, 6) is 1.23. The van der Waals surface area contributed by atoms with Gasteiger partial charge in [0.05, 0.1) is 6.04 Å². The molecular formula is C25H27NO2. The van der Waals surface area contributed by atoms with E-state index < -0.39 is 0 Å². The molecule has 1 aliphatic heterocycles. The van der Waals surface area contributed by atoms with Crippen molar-refractivity contribution in [1.29, 1.82) is 0 Å². The summed E-state index contributed by atoms with van der Waals surface area (Å²) >= 11 is 0. The normalized spacial score (nSPS) is 15.9. The molecule has 1 aliphatic rings. The monoisotopic (exact) mass is 373 g/mol. The van der Waals surface area contributed by atoms with Gasteiger partial charge in [-0.2, -0.15) is 0 Å². The molecule has 144 valence electrons. The second kappa shape index (κ2) is 8.94. The standard InChI is InChI=1S/C25H27NO2/c27-24-12-6-5-11-23(24)25(26-17-7-2-8-18-26)21-13-15-22(16-14-21)28-19-20-9-3-1-4-10-20/h1,3-6,9-16,25,27H,2,7-8,17-19H2/t25-/m1/s1. The molecule has 0 aliphatic carbocycles. The van der Waals surface area contributed by atoms with Crippen LogP contribution >= 0.6 is 0 Å². The van der Waals surface area contributed by atoms with Gasteiger partial charge >= 0.3 is 0 Å². The highest BCUT2D eigenvalue weighted by atomic mass is 16.5. The second-order valence-corrected chi connectivity index (χ2v) is 7.40. The van der Waals surface area contributed by atoms with Crippen molar-refractivity contribution in [2.75, 3.05) is 13.1 Å². The molecule has 0 saturated carbocycles. The third kappa shape index (κ3) is 4.37. The van der Waals surface area contributed by atoms with Gasteiger partial charge in [-0.1, -0.05) is 67.1 Å². The zero-order valence-corrected chi connectivity index (χ0v) is 16.1. The highest BCUT2D eigenvalue weighted by molar-refractivity contribution is 5.42. The van der Waals surface area contributed by atoms with Crippen LogP contribution in [0.3, 0.4) is 0 Å². The van der Waals surface area contributed by atoms with Crippen LogP contribution in [-0.2, 0) is 6.61 Å². The minimum Gasteiger partial charge on any atom is -0.508 e. The molecular weight excluding hydrogens is 346 g/mol. The van der Waals surface area contributed by atoms with E-state index in [4.69, 9.17) is 4.74 Å². The van der Waals surface area contributed by atoms with Gasteiger partial charge in [0.2, 0.25) is 0 Å². The molecule has 0 aromatic heterocycles. The zero-order valence-electron chi connectivity index (χ0n) is 16.1. The summed E-state index contributed by atoms with van der Waals surface area (Å²) in [4.78, 5) is 2.48. The van der Waals surface area contributed by atoms with E-state index in [-0.39, 0.29) is 6.04 Å². The number of aromatic hydroxyl groups is 1. The molecule has 1 atom stereocenters. The number of piperidine rings is 1. The van der Waals surface area contributed by atoms with Gasteiger partial charge < -0.3 is 9.84 Å². The fraction of sp³-hybridized carbons (Fsp3) is 0.280. The Bertz CT molecular complexity index is 871. The number of benzene rings is 3. The largest absolute Gasteiger partial charge is 0.508 e. The summed E-state index contributed by atoms with van der Waals surface area (Å²) in [5, 5.41) is 10.5. The van der Waals surface area contributed by atoms with E-state index in [0.717, 1.165) is 30.0 Å². The van der Waals surface area contributed by atoms with Crippen molar-refractivity contribution in [1.82, 2.24) is 4.90 Å². The maximum Gasteiger partial charge on any atom is 0.120 e. The lowest BCUT2D eigenvalue weighted by molar-refractivity contribution is 0.185. The van der Waals surface area contributed by atoms with E-state index >= 15 is 0 Å². The number of likely N-dealkylation sites (tertiary alicyclic amines) is 1. The second-order valence-electron chi connectivity index (χ2n) is 7.40. The molecule has 1 fully saturated rings. The van der Waals surface area contributed by atoms with E-state index in [0.29, 0.717) is 12.4 Å². The first kappa shape index (κ1) is 18.6. The SMILES string of the molecule is Oc1ccccc1[C@@H](c1ccc(OCc2ccccc2)cc1)N1CCCCC1. The number of rotatable bonds is 6. The average molecular weight is 373 g/mol. The summed E-state index contributed by atoms with van der Waals surface area (Å²) in [6, 6.07) is 26.3. The molecule has 1 saturated heterocycles. The van der Waals surface area contributed by atoms with Crippen LogP contribution in [0.5, 0.6) is 11.5 Å². The molecule has 0 bridgehead atoms. The topological polar surface area (TPSA) is 32.7 Å². The quantitative estimate of drug-likeness (QED) is 0.615. The van der Waals surface area contributed by atoms with Crippen molar-refractivity contribution in [2.24, 2.45) is 0 Å². The minimum atomic E-state index is 0.0738. The summed E-state index contributed by atoms with van der Waals surface area (Å²) in [7, 11) is 0. The molecule has 28 heavy (non-hydrogen) atoms. The van der Waals surface area contributed by atoms with Crippen LogP contribution in [0.4, 0.5) is 0 Å². The molecule has 4 rings (SSSR count). The highest BCUT2D eigenvalue weighted by Gasteiger charge is 2.25. The Balaban J connectivity index is 1.55. The van der Waals surface area contributed by atoms with Crippen molar-refractivity contribution in [3.8, 4) is 11.5 Å². The number of para-hydroxylation sites is 1. The first-order chi connectivity index (χ1) is 13.8. The van der Waals surface area contributed by atoms with Crippen LogP contribution < -0.4 is 4.74 Å². The Hall–Kier alpha value is -2.78. The van der Waals surface area contributed by atoms with E-state index in [1.54, 1.807) is 6.07 Å². The smallest absolute Gasteiger partial charge is 0.120 e. The number of ether oxygens (including phenoxy) is 1. The Kier molecular flexibility index (Phi) is 5.93. The summed E-state index contributed by atoms with van der Waals surface area (Å²) < 4.78 is 5.94. The summed E-state index contributed by atoms with van der Waals surface area (Å²) in [5.41, 5.74) is 3.32. The number of phenolic OH excluding ortho intramolecular Hbond substituents is 1. The Morgan fingerprint density at radius 1 is 0.786 bits per heavy atom. The van der Waals surface area contributed by atoms with E-state index in [1.165, 1.54) is 24.8 Å². The van der Waals surface area contributed by atoms with Crippen LogP contribution in [0.15, 0.2) is 78.9 Å². The van der Waals surface area contributed by atoms with Gasteiger partial charge in [-0.3, -0.25) is 4.90 Å². The van der Waals surface area contributed by atoms with Crippen molar-refractivity contribution in [3.05, 3.63) is 95.6 Å². The Morgan fingerprint density at radius 2 is 1.46 bits per heavy atom. The van der Waals surface area contributed by atoms with Gasteiger partial charge in [0.25, 0.3) is 0 Å². The Labute approximate surface area is 167 Å². The summed E-state index contributed by atoms with van der Waals surface area (Å²) in [6.45, 7) is 2.69. The van der Waals surface area contributed by atoms with Crippen molar-refractivity contribution in [3.63, 3.8) is 0 Å². The fourth-order valence-corrected chi connectivity index (χ4v) is 3.97. The first-order valence-electron chi connectivity index (χ1n) is 10.1. The molecule has 3 aromatic carbocycles. The highest BCUT2D eigenvalue weighted by Crippen LogP contribution is 2.36. The lowest BCUT2D eigenvalue weighted by atomic mass is 9.94. The molecule has 1 heterocycles. The number of nitrogens with zero attached hydrogens (tertiary/aromatic N) is 1. The molecule has 1 N–H and O–H groups in total. The lowest BCUT2D eigenvalue weighted by Gasteiger charge is -2.35. The Morgan fingerprint density at radius 3 is 2.18 bits per heavy atom. The first-order valence-corrected chi connectivity index (χ1v) is 10.1. The number of phenols is 1. The van der Waals surface area contributed by atoms with Gasteiger partial charge in [0.15, 0.2) is 0 Å². The number of hydrogen-bond donors (Lipinski definition) is 1. The third-order valence-electron chi connectivity index (χ3n) is 5.43. The van der Waals surface area contributed by atoms with Crippen molar-refractivity contribution < 1.29 is 9.84 Å². The molecule has 0 amide bonds. The minimum absolute atomic E-state index is 0.0738. The van der Waals surface area contributed by atoms with Crippen LogP contribution in [0.1, 0.15) is 42.0 Å². The zero-order chi connectivity index (χ0) is 19.2. The molecule has 0 radical (unpaired) electrons. The van der Waals surface area contributed by atoms with Gasteiger partial charge in [0.1, 0.15) is 18.1 Å². The van der Waals surface area contributed by atoms with E-state index in [9.17, 15) is 5.11 Å². The molecule has 3 nitrogen and oxygen atoms in total. The third-order valence-corrected chi connectivity index (χ3v) is 5.43. The van der Waals surface area contributed by atoms with E-state index in [2.05, 4.69) is 29.2 Å². The lowest BCUT2D eigenvalue weighted by Crippen LogP contribution is -2.34. The maximum absolute atomic E-state index is 10.5. The maximum atomic E-state index is 10.5. The molecule has 3 heteroatoms. The van der Waals surface area contributed by atoms with E-state index in [1.807, 2.05) is 48.5 Å². The van der Waals surface area contributed by atoms with Gasteiger partial charge in [-0.25, -0.2) is 0 Å². The molecule has 3 aromatic rings. The van der Waals surface area contributed by atoms with Gasteiger partial charge in [-0.05, 0) is 55.3 Å². The van der Waals surface area contributed by atoms with Gasteiger partial charge in [-0.15, -0.1) is 0 Å². The van der Waals surface area contributed by atoms with Crippen LogP contribution in [0.25, 0.3) is 0 Å². The van der Waals surface area contributed by atoms with Crippen LogP contribution in [-0.4, -0.2) is 23.1 Å². The van der Waals surface area contributed by atoms with Crippen molar-refractivity contribution >= 4 is 0 Å². The summed E-state index contributed by atoms with van der Waals surface area (Å²) in [6.07, 6.45) is 3.71. The predicted molar refractivity (Wildman–Crippen MR) is 113 cm³/mol. The average Bonchev–Trinajstić information content (AvgIpc) is 2.76. The van der Waals surface area contributed by atoms with Crippen LogP contribution in [0, 0.1) is 0 Å². The predicted octanol–water partition coefficient (Wildman–Crippen LogP) is 5.55. The molecule has 0 spiro atoms. The fourth-order valence-electron chi connectivity index (χ4n) is 3.97. The number of hydrogen-bond acceptors (Lipinski definition) is 3. The van der Waals surface area contributed by atoms with Crippen molar-refractivity contribution in [2.45, 2.75) is 31.9 Å². The molecule has 0 unspecified atom stereocenters. The van der Waals surface area contributed by atoms with Crippen LogP contribution in [0.2, 0.25) is 0 Å².